The standard InChI is InChI=1S/C4H10O.C2H6O4S/c1-3-5-4-2;3-1-2-7(4,5)6/h3-4H2,1-2H3;3H,1-2H2,(H,4,5,6)/p-1. The summed E-state index contributed by atoms with van der Waals surface area (Å²) in [6.07, 6.45) is 0. The second-order valence-corrected chi connectivity index (χ2v) is 3.29. The summed E-state index contributed by atoms with van der Waals surface area (Å²) in [6.45, 7) is 5.08. The van der Waals surface area contributed by atoms with Gasteiger partial charge in [0.2, 0.25) is 0 Å². The van der Waals surface area contributed by atoms with Crippen LogP contribution in [0.15, 0.2) is 0 Å². The van der Waals surface area contributed by atoms with Crippen molar-refractivity contribution in [2.45, 2.75) is 13.8 Å². The summed E-state index contributed by atoms with van der Waals surface area (Å²) < 4.78 is 33.4. The third-order valence-corrected chi connectivity index (χ3v) is 1.43. The van der Waals surface area contributed by atoms with Crippen molar-refractivity contribution in [1.29, 1.82) is 0 Å². The van der Waals surface area contributed by atoms with Crippen LogP contribution in [0.3, 0.4) is 0 Å². The first-order valence-electron chi connectivity index (χ1n) is 3.60. The number of ether oxygens (including phenoxy) is 1. The van der Waals surface area contributed by atoms with Gasteiger partial charge in [-0.1, -0.05) is 0 Å². The molecule has 0 aliphatic heterocycles. The van der Waals surface area contributed by atoms with Crippen molar-refractivity contribution >= 4 is 10.1 Å². The number of aliphatic hydroxyl groups excluding tert-OH is 1. The van der Waals surface area contributed by atoms with Gasteiger partial charge in [0.25, 0.3) is 0 Å². The fraction of sp³-hybridized carbons (Fsp3) is 1.00. The minimum absolute atomic E-state index is 0.591. The third kappa shape index (κ3) is 22.5. The molecule has 76 valence electrons. The Morgan fingerprint density at radius 1 is 1.33 bits per heavy atom. The van der Waals surface area contributed by atoms with Crippen LogP contribution < -0.4 is 0 Å². The molecule has 0 aliphatic rings. The molecule has 1 N–H and O–H groups in total. The fourth-order valence-corrected chi connectivity index (χ4v) is 0.540. The molecule has 0 aromatic rings. The van der Waals surface area contributed by atoms with Crippen LogP contribution in [0, 0.1) is 0 Å². The first-order chi connectivity index (χ1) is 5.47. The average Bonchev–Trinajstić information content (AvgIpc) is 1.87. The van der Waals surface area contributed by atoms with Gasteiger partial charge in [-0.25, -0.2) is 8.42 Å². The third-order valence-electron chi connectivity index (χ3n) is 0.750. The van der Waals surface area contributed by atoms with E-state index in [4.69, 9.17) is 9.84 Å². The van der Waals surface area contributed by atoms with Gasteiger partial charge >= 0.3 is 0 Å². The van der Waals surface area contributed by atoms with Gasteiger partial charge in [0.05, 0.1) is 22.5 Å². The molecule has 0 atom stereocenters. The van der Waals surface area contributed by atoms with Crippen LogP contribution in [-0.4, -0.2) is 43.7 Å². The molecule has 0 heterocycles. The number of hydrogen-bond donors (Lipinski definition) is 1. The summed E-state index contributed by atoms with van der Waals surface area (Å²) in [5.74, 6) is -0.688. The molecule has 0 aromatic heterocycles. The predicted octanol–water partition coefficient (Wildman–Crippen LogP) is -0.433. The van der Waals surface area contributed by atoms with E-state index in [0.29, 0.717) is 0 Å². The van der Waals surface area contributed by atoms with Gasteiger partial charge < -0.3 is 14.4 Å². The van der Waals surface area contributed by atoms with E-state index in [9.17, 15) is 13.0 Å². The lowest BCUT2D eigenvalue weighted by molar-refractivity contribution is 0.162. The summed E-state index contributed by atoms with van der Waals surface area (Å²) in [4.78, 5) is 0. The summed E-state index contributed by atoms with van der Waals surface area (Å²) >= 11 is 0. The van der Waals surface area contributed by atoms with Gasteiger partial charge in [-0.15, -0.1) is 0 Å². The second-order valence-electron chi connectivity index (χ2n) is 1.77. The zero-order valence-electron chi connectivity index (χ0n) is 7.32. The first-order valence-corrected chi connectivity index (χ1v) is 5.17. The van der Waals surface area contributed by atoms with Crippen molar-refractivity contribution in [3.63, 3.8) is 0 Å². The van der Waals surface area contributed by atoms with E-state index in [1.165, 1.54) is 0 Å². The highest BCUT2D eigenvalue weighted by atomic mass is 32.2. The normalized spacial score (nSPS) is 10.3. The first kappa shape index (κ1) is 14.4. The maximum absolute atomic E-state index is 9.52. The predicted molar refractivity (Wildman–Crippen MR) is 43.8 cm³/mol. The molecule has 6 heteroatoms. The molecule has 12 heavy (non-hydrogen) atoms. The number of rotatable bonds is 4. The van der Waals surface area contributed by atoms with Crippen molar-refractivity contribution in [3.05, 3.63) is 0 Å². The van der Waals surface area contributed by atoms with E-state index >= 15 is 0 Å². The highest BCUT2D eigenvalue weighted by molar-refractivity contribution is 7.85. The Hall–Kier alpha value is -0.170. The van der Waals surface area contributed by atoms with Crippen LogP contribution in [-0.2, 0) is 14.9 Å². The Morgan fingerprint density at radius 2 is 1.75 bits per heavy atom. The molecular weight excluding hydrogens is 184 g/mol. The Labute approximate surface area is 73.1 Å². The topological polar surface area (TPSA) is 86.7 Å². The maximum atomic E-state index is 9.52. The summed E-state index contributed by atoms with van der Waals surface area (Å²) in [7, 11) is -4.17. The maximum Gasteiger partial charge on any atom is 0.0968 e. The van der Waals surface area contributed by atoms with E-state index in [1.54, 1.807) is 0 Å². The Morgan fingerprint density at radius 3 is 1.75 bits per heavy atom. The lowest BCUT2D eigenvalue weighted by Gasteiger charge is -2.00. The Bertz CT molecular complexity index is 161. The smallest absolute Gasteiger partial charge is 0.0968 e. The van der Waals surface area contributed by atoms with Gasteiger partial charge in [0.15, 0.2) is 0 Å². The lowest BCUT2D eigenvalue weighted by Crippen LogP contribution is -2.07. The molecule has 0 rings (SSSR count). The van der Waals surface area contributed by atoms with Gasteiger partial charge in [-0.3, -0.25) is 0 Å². The van der Waals surface area contributed by atoms with Crippen molar-refractivity contribution in [2.75, 3.05) is 25.6 Å². The van der Waals surface area contributed by atoms with Crippen LogP contribution in [0.4, 0.5) is 0 Å². The number of hydrogen-bond acceptors (Lipinski definition) is 5. The largest absolute Gasteiger partial charge is 0.748 e. The number of aliphatic hydroxyl groups is 1. The van der Waals surface area contributed by atoms with Crippen LogP contribution in [0.5, 0.6) is 0 Å². The molecule has 0 aromatic carbocycles. The zero-order chi connectivity index (χ0) is 10.0. The summed E-state index contributed by atoms with van der Waals surface area (Å²) in [6, 6.07) is 0. The minimum Gasteiger partial charge on any atom is -0.748 e. The summed E-state index contributed by atoms with van der Waals surface area (Å²) in [5, 5.41) is 7.82. The highest BCUT2D eigenvalue weighted by Gasteiger charge is 1.88. The molecule has 0 saturated heterocycles. The monoisotopic (exact) mass is 199 g/mol. The van der Waals surface area contributed by atoms with Crippen molar-refractivity contribution in [2.24, 2.45) is 0 Å². The van der Waals surface area contributed by atoms with Crippen LogP contribution in [0.2, 0.25) is 0 Å². The lowest BCUT2D eigenvalue weighted by atomic mass is 10.8. The molecule has 0 fully saturated rings. The Balaban J connectivity index is 0. The molecule has 0 amide bonds. The van der Waals surface area contributed by atoms with Gasteiger partial charge in [0, 0.05) is 13.2 Å². The van der Waals surface area contributed by atoms with E-state index < -0.39 is 22.5 Å². The van der Waals surface area contributed by atoms with Crippen LogP contribution in [0.1, 0.15) is 13.8 Å². The molecule has 5 nitrogen and oxygen atoms in total. The van der Waals surface area contributed by atoms with Gasteiger partial charge in [0.1, 0.15) is 0 Å². The Kier molecular flexibility index (Phi) is 10.7. The molecule has 0 bridgehead atoms. The van der Waals surface area contributed by atoms with Gasteiger partial charge in [-0.05, 0) is 13.8 Å². The van der Waals surface area contributed by atoms with Gasteiger partial charge in [-0.2, -0.15) is 0 Å². The SMILES string of the molecule is CCOCC.O=S(=O)([O-])CCO. The van der Waals surface area contributed by atoms with E-state index in [2.05, 4.69) is 0 Å². The molecule has 0 radical (unpaired) electrons. The minimum atomic E-state index is -4.17. The average molecular weight is 199 g/mol. The summed E-state index contributed by atoms with van der Waals surface area (Å²) in [5.41, 5.74) is 0. The molecule has 0 unspecified atom stereocenters. The van der Waals surface area contributed by atoms with Crippen molar-refractivity contribution in [1.82, 2.24) is 0 Å². The highest BCUT2D eigenvalue weighted by Crippen LogP contribution is 1.75. The zero-order valence-corrected chi connectivity index (χ0v) is 8.13. The van der Waals surface area contributed by atoms with Crippen LogP contribution in [0.25, 0.3) is 0 Å². The fourth-order valence-electron chi connectivity index (χ4n) is 0.316. The molecule has 0 saturated carbocycles. The van der Waals surface area contributed by atoms with Crippen molar-refractivity contribution in [3.8, 4) is 0 Å². The van der Waals surface area contributed by atoms with Crippen LogP contribution >= 0.6 is 0 Å². The second kappa shape index (κ2) is 8.92. The van der Waals surface area contributed by atoms with E-state index in [1.807, 2.05) is 13.8 Å². The molecule has 0 aliphatic carbocycles. The van der Waals surface area contributed by atoms with E-state index in [0.717, 1.165) is 13.2 Å². The van der Waals surface area contributed by atoms with Crippen molar-refractivity contribution < 1.29 is 22.8 Å². The molecular formula is C6H15O5S-. The van der Waals surface area contributed by atoms with E-state index in [-0.39, 0.29) is 0 Å². The molecule has 0 spiro atoms. The quantitative estimate of drug-likeness (QED) is 0.621.